The number of hydrogen-bond acceptors (Lipinski definition) is 9. The first kappa shape index (κ1) is 31.9. The molecule has 242 valence electrons. The molecule has 0 aliphatic carbocycles. The molecule has 6 rings (SSSR count). The molecule has 0 radical (unpaired) electrons. The average Bonchev–Trinajstić information content (AvgIpc) is 3.52. The van der Waals surface area contributed by atoms with Gasteiger partial charge in [0.25, 0.3) is 5.91 Å². The third-order valence-corrected chi connectivity index (χ3v) is 9.25. The minimum atomic E-state index is -1.06. The summed E-state index contributed by atoms with van der Waals surface area (Å²) < 4.78 is 46.3. The van der Waals surface area contributed by atoms with Gasteiger partial charge in [-0.2, -0.15) is 15.2 Å². The molecule has 3 aromatic rings. The fraction of sp³-hybridized carbons (Fsp3) is 0.455. The number of carbonyl (C=O) groups is 1. The highest BCUT2D eigenvalue weighted by atomic mass is 35.5. The minimum absolute atomic E-state index is 0.0230. The first-order valence-electron chi connectivity index (χ1n) is 15.3. The van der Waals surface area contributed by atoms with Gasteiger partial charge in [-0.1, -0.05) is 30.3 Å². The lowest BCUT2D eigenvalue weighted by atomic mass is 10.0. The molecule has 2 atom stereocenters. The van der Waals surface area contributed by atoms with Gasteiger partial charge >= 0.3 is 6.01 Å². The summed E-state index contributed by atoms with van der Waals surface area (Å²) in [5, 5.41) is 11.0. The Labute approximate surface area is 271 Å². The summed E-state index contributed by atoms with van der Waals surface area (Å²) in [5.41, 5.74) is 1.83. The Kier molecular flexibility index (Phi) is 9.27. The van der Waals surface area contributed by atoms with E-state index in [0.29, 0.717) is 60.9 Å². The number of hydrogen-bond donors (Lipinski definition) is 0. The van der Waals surface area contributed by atoms with Crippen molar-refractivity contribution in [1.82, 2.24) is 14.9 Å². The van der Waals surface area contributed by atoms with Gasteiger partial charge in [0.15, 0.2) is 5.83 Å². The van der Waals surface area contributed by atoms with Crippen LogP contribution in [0.15, 0.2) is 42.7 Å². The fourth-order valence-electron chi connectivity index (χ4n) is 6.73. The van der Waals surface area contributed by atoms with Crippen LogP contribution < -0.4 is 14.5 Å². The number of nitriles is 1. The van der Waals surface area contributed by atoms with E-state index in [1.807, 2.05) is 4.90 Å². The molecule has 1 aromatic heterocycles. The van der Waals surface area contributed by atoms with E-state index in [1.54, 1.807) is 31.4 Å². The number of rotatable bonds is 9. The van der Waals surface area contributed by atoms with Crippen molar-refractivity contribution < 1.29 is 27.8 Å². The zero-order valence-corrected chi connectivity index (χ0v) is 26.4. The number of carbonyl (C=O) groups excluding carboxylic acids is 1. The van der Waals surface area contributed by atoms with Crippen molar-refractivity contribution >= 4 is 39.8 Å². The van der Waals surface area contributed by atoms with Crippen LogP contribution in [0.25, 0.3) is 10.8 Å². The Morgan fingerprint density at radius 2 is 2.07 bits per heavy atom. The number of piperazine rings is 1. The SMILES string of the molecule is C=C(F)C(=O)N1CCN(c2nc(OC[C@@]3(COC)CCCO3)nc3c2CCN(c2ccc(F)c4cccc(Cl)c24)C3)C[C@@H]1CC#N. The standard InChI is InChI=1S/C33H35ClF2N6O4/c1-21(35)31(43)42-15-14-41(17-22(42)9-12-37)30-24-10-13-40(28-8-7-26(36)23-5-3-6-25(34)29(23)28)18-27(24)38-32(39-30)45-20-33(19-44-2)11-4-16-46-33/h3,5-8,22H,1,4,9-11,13-20H2,2H3/t22-,33-/m0/s1. The van der Waals surface area contributed by atoms with Crippen molar-refractivity contribution in [2.75, 3.05) is 62.9 Å². The number of benzene rings is 2. The van der Waals surface area contributed by atoms with Crippen molar-refractivity contribution in [2.45, 2.75) is 43.9 Å². The lowest BCUT2D eigenvalue weighted by Gasteiger charge is -2.42. The number of aromatic nitrogens is 2. The Bertz CT molecular complexity index is 1690. The zero-order chi connectivity index (χ0) is 32.4. The molecule has 0 spiro atoms. The highest BCUT2D eigenvalue weighted by Gasteiger charge is 2.38. The molecule has 13 heteroatoms. The molecule has 2 fully saturated rings. The monoisotopic (exact) mass is 652 g/mol. The number of nitrogens with zero attached hydrogens (tertiary/aromatic N) is 6. The maximum atomic E-state index is 14.8. The van der Waals surface area contributed by atoms with Crippen LogP contribution in [0, 0.1) is 17.1 Å². The van der Waals surface area contributed by atoms with Gasteiger partial charge in [-0.05, 0) is 37.5 Å². The molecule has 0 saturated carbocycles. The summed E-state index contributed by atoms with van der Waals surface area (Å²) in [6.07, 6.45) is 2.25. The summed E-state index contributed by atoms with van der Waals surface area (Å²) in [7, 11) is 1.62. The van der Waals surface area contributed by atoms with Gasteiger partial charge in [0.05, 0.1) is 42.4 Å². The number of amides is 1. The second kappa shape index (κ2) is 13.4. The van der Waals surface area contributed by atoms with E-state index in [1.165, 1.54) is 11.0 Å². The summed E-state index contributed by atoms with van der Waals surface area (Å²) in [6.45, 7) is 6.13. The zero-order valence-electron chi connectivity index (χ0n) is 25.6. The predicted molar refractivity (Wildman–Crippen MR) is 169 cm³/mol. The maximum absolute atomic E-state index is 14.8. The van der Waals surface area contributed by atoms with Crippen LogP contribution in [0.5, 0.6) is 6.01 Å². The molecule has 3 aliphatic rings. The molecule has 0 unspecified atom stereocenters. The average molecular weight is 653 g/mol. The normalized spacial score (nSPS) is 21.3. The highest BCUT2D eigenvalue weighted by molar-refractivity contribution is 6.36. The summed E-state index contributed by atoms with van der Waals surface area (Å²) in [5.74, 6) is -1.57. The Hall–Kier alpha value is -4.05. The molecule has 3 aliphatic heterocycles. The predicted octanol–water partition coefficient (Wildman–Crippen LogP) is 4.97. The quantitative estimate of drug-likeness (QED) is 0.296. The van der Waals surface area contributed by atoms with Gasteiger partial charge in [-0.3, -0.25) is 4.79 Å². The van der Waals surface area contributed by atoms with Crippen LogP contribution in [0.1, 0.15) is 30.5 Å². The molecule has 4 heterocycles. The lowest BCUT2D eigenvalue weighted by Crippen LogP contribution is -2.55. The molecule has 2 aromatic carbocycles. The summed E-state index contributed by atoms with van der Waals surface area (Å²) >= 11 is 6.59. The summed E-state index contributed by atoms with van der Waals surface area (Å²) in [4.78, 5) is 27.7. The van der Waals surface area contributed by atoms with Crippen molar-refractivity contribution in [3.05, 3.63) is 64.8 Å². The van der Waals surface area contributed by atoms with Crippen LogP contribution in [0.2, 0.25) is 5.02 Å². The summed E-state index contributed by atoms with van der Waals surface area (Å²) in [6, 6.07) is 10.1. The van der Waals surface area contributed by atoms with Crippen LogP contribution >= 0.6 is 11.6 Å². The number of methoxy groups -OCH3 is 1. The first-order valence-corrected chi connectivity index (χ1v) is 15.7. The van der Waals surface area contributed by atoms with Crippen molar-refractivity contribution in [1.29, 1.82) is 5.26 Å². The molecule has 46 heavy (non-hydrogen) atoms. The van der Waals surface area contributed by atoms with E-state index in [-0.39, 0.29) is 37.9 Å². The van der Waals surface area contributed by atoms with Gasteiger partial charge < -0.3 is 28.9 Å². The van der Waals surface area contributed by atoms with E-state index in [0.717, 1.165) is 29.8 Å². The molecule has 10 nitrogen and oxygen atoms in total. The van der Waals surface area contributed by atoms with Crippen molar-refractivity contribution in [2.24, 2.45) is 0 Å². The molecular formula is C33H35ClF2N6O4. The van der Waals surface area contributed by atoms with Crippen LogP contribution in [0.4, 0.5) is 20.3 Å². The van der Waals surface area contributed by atoms with Crippen molar-refractivity contribution in [3.63, 3.8) is 0 Å². The topological polar surface area (TPSA) is 104 Å². The van der Waals surface area contributed by atoms with Crippen molar-refractivity contribution in [3.8, 4) is 12.1 Å². The largest absolute Gasteiger partial charge is 0.460 e. The van der Waals surface area contributed by atoms with Crippen LogP contribution in [-0.4, -0.2) is 85.5 Å². The van der Waals surface area contributed by atoms with Crippen LogP contribution in [-0.2, 0) is 27.2 Å². The van der Waals surface area contributed by atoms with Gasteiger partial charge in [0.2, 0.25) is 0 Å². The number of ether oxygens (including phenoxy) is 3. The van der Waals surface area contributed by atoms with Gasteiger partial charge in [0, 0.05) is 61.9 Å². The first-order chi connectivity index (χ1) is 22.2. The van der Waals surface area contributed by atoms with Gasteiger partial charge in [-0.15, -0.1) is 0 Å². The number of halogens is 3. The Morgan fingerprint density at radius 1 is 1.22 bits per heavy atom. The molecule has 0 bridgehead atoms. The third-order valence-electron chi connectivity index (χ3n) is 8.94. The molecule has 2 saturated heterocycles. The Morgan fingerprint density at radius 3 is 2.80 bits per heavy atom. The molecule has 1 amide bonds. The fourth-order valence-corrected chi connectivity index (χ4v) is 7.00. The Balaban J connectivity index is 1.36. The number of fused-ring (bicyclic) bond motifs is 2. The van der Waals surface area contributed by atoms with Gasteiger partial charge in [0.1, 0.15) is 23.8 Å². The van der Waals surface area contributed by atoms with Crippen LogP contribution in [0.3, 0.4) is 0 Å². The number of anilines is 2. The highest BCUT2D eigenvalue weighted by Crippen LogP contribution is 2.38. The van der Waals surface area contributed by atoms with E-state index in [4.69, 9.17) is 35.8 Å². The van der Waals surface area contributed by atoms with E-state index >= 15 is 0 Å². The minimum Gasteiger partial charge on any atom is -0.460 e. The van der Waals surface area contributed by atoms with E-state index in [2.05, 4.69) is 17.5 Å². The molecule has 0 N–H and O–H groups in total. The second-order valence-corrected chi connectivity index (χ2v) is 12.3. The molecular weight excluding hydrogens is 618 g/mol. The maximum Gasteiger partial charge on any atom is 0.318 e. The third kappa shape index (κ3) is 6.19. The van der Waals surface area contributed by atoms with E-state index in [9.17, 15) is 18.8 Å². The smallest absolute Gasteiger partial charge is 0.318 e. The lowest BCUT2D eigenvalue weighted by molar-refractivity contribution is -0.131. The second-order valence-electron chi connectivity index (χ2n) is 11.9. The van der Waals surface area contributed by atoms with E-state index < -0.39 is 23.4 Å². The van der Waals surface area contributed by atoms with Gasteiger partial charge in [-0.25, -0.2) is 8.78 Å².